The number of aryl methyl sites for hydroxylation is 1. The van der Waals surface area contributed by atoms with Gasteiger partial charge in [0.15, 0.2) is 0 Å². The Labute approximate surface area is 113 Å². The largest absolute Gasteiger partial charge is 0.494 e. The van der Waals surface area contributed by atoms with Crippen molar-refractivity contribution in [1.82, 2.24) is 0 Å². The summed E-state index contributed by atoms with van der Waals surface area (Å²) in [6, 6.07) is 5.66. The van der Waals surface area contributed by atoms with E-state index in [-0.39, 0.29) is 12.6 Å². The predicted octanol–water partition coefficient (Wildman–Crippen LogP) is 3.91. The van der Waals surface area contributed by atoms with Crippen molar-refractivity contribution in [2.45, 2.75) is 39.2 Å². The minimum Gasteiger partial charge on any atom is -0.494 e. The zero-order chi connectivity index (χ0) is 14.1. The maximum Gasteiger partial charge on any atom is 0.122 e. The molecule has 0 amide bonds. The highest BCUT2D eigenvalue weighted by Gasteiger charge is 2.15. The Bertz CT molecular complexity index is 442. The summed E-state index contributed by atoms with van der Waals surface area (Å²) in [5, 5.41) is 12.7. The third-order valence-electron chi connectivity index (χ3n) is 2.90. The van der Waals surface area contributed by atoms with Gasteiger partial charge >= 0.3 is 0 Å². The maximum absolute atomic E-state index is 8.83. The molecule has 0 bridgehead atoms. The monoisotopic (exact) mass is 263 g/mol. The lowest BCUT2D eigenvalue weighted by molar-refractivity contribution is 0.281. The molecule has 0 aliphatic rings. The lowest BCUT2D eigenvalue weighted by Gasteiger charge is -2.17. The number of hydrogen-bond donors (Lipinski definition) is 1. The molecule has 5 nitrogen and oxygen atoms in total. The van der Waals surface area contributed by atoms with Gasteiger partial charge in [0.2, 0.25) is 0 Å². The summed E-state index contributed by atoms with van der Waals surface area (Å²) >= 11 is 0. The van der Waals surface area contributed by atoms with Gasteiger partial charge in [0.25, 0.3) is 0 Å². The normalized spacial score (nSPS) is 11.7. The summed E-state index contributed by atoms with van der Waals surface area (Å²) in [6.45, 7) is 4.67. The van der Waals surface area contributed by atoms with Crippen LogP contribution >= 0.6 is 0 Å². The van der Waals surface area contributed by atoms with E-state index in [0.717, 1.165) is 23.3 Å². The number of azide groups is 1. The number of ether oxygens (including phenoxy) is 1. The van der Waals surface area contributed by atoms with Crippen molar-refractivity contribution >= 4 is 0 Å². The average Bonchev–Trinajstić information content (AvgIpc) is 2.40. The zero-order valence-corrected chi connectivity index (χ0v) is 11.5. The van der Waals surface area contributed by atoms with E-state index in [1.165, 1.54) is 0 Å². The molecule has 0 radical (unpaired) electrons. The van der Waals surface area contributed by atoms with Crippen LogP contribution in [0, 0.1) is 6.92 Å². The van der Waals surface area contributed by atoms with Crippen LogP contribution in [0.1, 0.15) is 43.4 Å². The quantitative estimate of drug-likeness (QED) is 0.334. The first-order chi connectivity index (χ1) is 9.22. The molecule has 0 saturated carbocycles. The summed E-state index contributed by atoms with van der Waals surface area (Å²) in [7, 11) is 0. The molecule has 1 unspecified atom stereocenters. The van der Waals surface area contributed by atoms with Crippen molar-refractivity contribution in [3.8, 4) is 5.75 Å². The first-order valence-corrected chi connectivity index (χ1v) is 6.61. The van der Waals surface area contributed by atoms with Crippen molar-refractivity contribution < 1.29 is 9.84 Å². The SMILES string of the molecule is CCOc1ccc(C)cc1C(CCCCO)N=[N+]=[N-]. The molecule has 19 heavy (non-hydrogen) atoms. The van der Waals surface area contributed by atoms with E-state index in [1.54, 1.807) is 0 Å². The zero-order valence-electron chi connectivity index (χ0n) is 11.5. The van der Waals surface area contributed by atoms with Crippen molar-refractivity contribution in [3.05, 3.63) is 39.8 Å². The molecule has 1 N–H and O–H groups in total. The Kier molecular flexibility index (Phi) is 6.79. The van der Waals surface area contributed by atoms with Gasteiger partial charge in [-0.25, -0.2) is 0 Å². The lowest BCUT2D eigenvalue weighted by Crippen LogP contribution is -2.02. The Hall–Kier alpha value is -1.71. The lowest BCUT2D eigenvalue weighted by atomic mass is 9.99. The van der Waals surface area contributed by atoms with Crippen molar-refractivity contribution in [1.29, 1.82) is 0 Å². The first kappa shape index (κ1) is 15.3. The van der Waals surface area contributed by atoms with E-state index in [1.807, 2.05) is 32.0 Å². The third kappa shape index (κ3) is 4.81. The highest BCUT2D eigenvalue weighted by molar-refractivity contribution is 5.39. The Balaban J connectivity index is 2.98. The molecule has 104 valence electrons. The topological polar surface area (TPSA) is 78.2 Å². The molecule has 1 atom stereocenters. The van der Waals surface area contributed by atoms with E-state index in [9.17, 15) is 0 Å². The highest BCUT2D eigenvalue weighted by atomic mass is 16.5. The first-order valence-electron chi connectivity index (χ1n) is 6.61. The number of rotatable bonds is 8. The molecule has 0 aliphatic heterocycles. The van der Waals surface area contributed by atoms with Crippen molar-refractivity contribution in [2.24, 2.45) is 5.11 Å². The van der Waals surface area contributed by atoms with Crippen LogP contribution in [-0.2, 0) is 0 Å². The molecule has 1 rings (SSSR count). The minimum absolute atomic E-state index is 0.162. The number of unbranched alkanes of at least 4 members (excludes halogenated alkanes) is 1. The fraction of sp³-hybridized carbons (Fsp3) is 0.571. The molecule has 0 saturated heterocycles. The smallest absolute Gasteiger partial charge is 0.122 e. The molecule has 1 aromatic rings. The van der Waals surface area contributed by atoms with Crippen LogP contribution in [0.2, 0.25) is 0 Å². The number of hydrogen-bond acceptors (Lipinski definition) is 3. The van der Waals surface area contributed by atoms with Gasteiger partial charge < -0.3 is 9.84 Å². The molecular formula is C14H21N3O2. The standard InChI is InChI=1S/C14H21N3O2/c1-3-19-14-8-7-11(2)10-12(14)13(16-17-15)6-4-5-9-18/h7-8,10,13,18H,3-6,9H2,1-2H3. The summed E-state index contributed by atoms with van der Waals surface area (Å²) in [4.78, 5) is 2.93. The van der Waals surface area contributed by atoms with Gasteiger partial charge in [0, 0.05) is 17.1 Å². The highest BCUT2D eigenvalue weighted by Crippen LogP contribution is 2.32. The fourth-order valence-corrected chi connectivity index (χ4v) is 2.00. The van der Waals surface area contributed by atoms with Gasteiger partial charge in [-0.15, -0.1) is 0 Å². The predicted molar refractivity (Wildman–Crippen MR) is 75.2 cm³/mol. The summed E-state index contributed by atoms with van der Waals surface area (Å²) in [5.41, 5.74) is 10.8. The Morgan fingerprint density at radius 1 is 1.42 bits per heavy atom. The maximum atomic E-state index is 8.83. The van der Waals surface area contributed by atoms with Gasteiger partial charge in [-0.2, -0.15) is 0 Å². The van der Waals surface area contributed by atoms with E-state index < -0.39 is 0 Å². The Morgan fingerprint density at radius 3 is 2.84 bits per heavy atom. The number of nitrogens with zero attached hydrogens (tertiary/aromatic N) is 3. The van der Waals surface area contributed by atoms with Gasteiger partial charge in [-0.05, 0) is 38.3 Å². The summed E-state index contributed by atoms with van der Waals surface area (Å²) in [6.07, 6.45) is 2.25. The minimum atomic E-state index is -0.238. The Morgan fingerprint density at radius 2 is 2.21 bits per heavy atom. The average molecular weight is 263 g/mol. The summed E-state index contributed by atoms with van der Waals surface area (Å²) in [5.74, 6) is 0.773. The number of aliphatic hydroxyl groups excluding tert-OH is 1. The molecule has 0 heterocycles. The van der Waals surface area contributed by atoms with E-state index in [0.29, 0.717) is 19.4 Å². The van der Waals surface area contributed by atoms with E-state index >= 15 is 0 Å². The summed E-state index contributed by atoms with van der Waals surface area (Å²) < 4.78 is 5.59. The van der Waals surface area contributed by atoms with Crippen LogP contribution in [0.15, 0.2) is 23.3 Å². The van der Waals surface area contributed by atoms with Gasteiger partial charge in [0.05, 0.1) is 12.6 Å². The van der Waals surface area contributed by atoms with Gasteiger partial charge in [-0.1, -0.05) is 29.2 Å². The van der Waals surface area contributed by atoms with Crippen LogP contribution in [0.4, 0.5) is 0 Å². The second kappa shape index (κ2) is 8.40. The molecule has 5 heteroatoms. The van der Waals surface area contributed by atoms with Crippen LogP contribution in [0.3, 0.4) is 0 Å². The second-order valence-electron chi connectivity index (χ2n) is 4.41. The molecule has 1 aromatic carbocycles. The van der Waals surface area contributed by atoms with E-state index in [4.69, 9.17) is 15.4 Å². The number of aliphatic hydroxyl groups is 1. The molecule has 0 aliphatic carbocycles. The van der Waals surface area contributed by atoms with Crippen LogP contribution in [0.25, 0.3) is 10.4 Å². The molecule has 0 spiro atoms. The van der Waals surface area contributed by atoms with Crippen LogP contribution in [0.5, 0.6) is 5.75 Å². The van der Waals surface area contributed by atoms with E-state index in [2.05, 4.69) is 10.0 Å². The molecule has 0 fully saturated rings. The van der Waals surface area contributed by atoms with Crippen molar-refractivity contribution in [2.75, 3.05) is 13.2 Å². The third-order valence-corrected chi connectivity index (χ3v) is 2.90. The number of benzene rings is 1. The van der Waals surface area contributed by atoms with Crippen LogP contribution < -0.4 is 4.74 Å². The van der Waals surface area contributed by atoms with Crippen molar-refractivity contribution in [3.63, 3.8) is 0 Å². The van der Waals surface area contributed by atoms with Gasteiger partial charge in [-0.3, -0.25) is 0 Å². The molecular weight excluding hydrogens is 242 g/mol. The second-order valence-corrected chi connectivity index (χ2v) is 4.41. The molecule has 0 aromatic heterocycles. The van der Waals surface area contributed by atoms with Crippen LogP contribution in [-0.4, -0.2) is 18.3 Å². The van der Waals surface area contributed by atoms with Gasteiger partial charge in [0.1, 0.15) is 5.75 Å². The fourth-order valence-electron chi connectivity index (χ4n) is 2.00.